The van der Waals surface area contributed by atoms with Gasteiger partial charge in [0.15, 0.2) is 0 Å². The number of fused-ring (bicyclic) bond motifs is 1. The first kappa shape index (κ1) is 19.6. The fourth-order valence-electron chi connectivity index (χ4n) is 3.35. The van der Waals surface area contributed by atoms with Gasteiger partial charge in [0.2, 0.25) is 10.0 Å². The molecule has 0 fully saturated rings. The van der Waals surface area contributed by atoms with Crippen LogP contribution in [0.25, 0.3) is 0 Å². The third kappa shape index (κ3) is 4.57. The van der Waals surface area contributed by atoms with Gasteiger partial charge in [-0.25, -0.2) is 13.1 Å². The van der Waals surface area contributed by atoms with Crippen molar-refractivity contribution in [3.63, 3.8) is 0 Å². The van der Waals surface area contributed by atoms with Gasteiger partial charge in [-0.15, -0.1) is 0 Å². The molecule has 0 unspecified atom stereocenters. The Morgan fingerprint density at radius 2 is 1.85 bits per heavy atom. The minimum absolute atomic E-state index is 0.00192. The van der Waals surface area contributed by atoms with Crippen molar-refractivity contribution in [1.29, 1.82) is 0 Å². The van der Waals surface area contributed by atoms with Gasteiger partial charge in [-0.05, 0) is 68.0 Å². The average Bonchev–Trinajstić information content (AvgIpc) is 2.68. The van der Waals surface area contributed by atoms with E-state index in [2.05, 4.69) is 22.2 Å². The minimum atomic E-state index is -3.56. The maximum absolute atomic E-state index is 12.6. The Morgan fingerprint density at radius 3 is 2.56 bits per heavy atom. The number of hydrogen-bond acceptors (Lipinski definition) is 3. The second-order valence-corrected chi connectivity index (χ2v) is 8.79. The zero-order valence-electron chi connectivity index (χ0n) is 15.7. The van der Waals surface area contributed by atoms with Crippen molar-refractivity contribution in [3.05, 3.63) is 65.2 Å². The Kier molecular flexibility index (Phi) is 5.97. The normalized spacial score (nSPS) is 17.8. The fraction of sp³-hybridized carbons (Fsp3) is 0.381. The summed E-state index contributed by atoms with van der Waals surface area (Å²) in [4.78, 5) is 12.8. The summed E-state index contributed by atoms with van der Waals surface area (Å²) >= 11 is 0. The Bertz CT molecular complexity index is 907. The molecule has 0 spiro atoms. The Hall–Kier alpha value is -2.18. The molecule has 2 atom stereocenters. The Morgan fingerprint density at radius 1 is 1.15 bits per heavy atom. The second kappa shape index (κ2) is 8.23. The lowest BCUT2D eigenvalue weighted by Crippen LogP contribution is -2.32. The van der Waals surface area contributed by atoms with E-state index in [0.717, 1.165) is 19.3 Å². The third-order valence-electron chi connectivity index (χ3n) is 5.07. The first-order valence-corrected chi connectivity index (χ1v) is 10.9. The number of carbonyl (C=O) groups is 1. The van der Waals surface area contributed by atoms with Crippen LogP contribution in [0, 0.1) is 0 Å². The van der Waals surface area contributed by atoms with E-state index in [1.807, 2.05) is 26.0 Å². The standard InChI is InChI=1S/C21H26N2O3S/c1-3-15(2)23-27(25,26)18-13-11-17(12-14-18)21(24)22-20-10-6-8-16-7-4-5-9-19(16)20/h4-5,7,9,11-15,20,23H,3,6,8,10H2,1-2H3,(H,22,24)/t15-,20-/m0/s1. The predicted octanol–water partition coefficient (Wildman–Crippen LogP) is 3.57. The summed E-state index contributed by atoms with van der Waals surface area (Å²) in [5.41, 5.74) is 2.92. The van der Waals surface area contributed by atoms with E-state index < -0.39 is 10.0 Å². The van der Waals surface area contributed by atoms with Crippen molar-refractivity contribution < 1.29 is 13.2 Å². The summed E-state index contributed by atoms with van der Waals surface area (Å²) in [6.45, 7) is 3.74. The highest BCUT2D eigenvalue weighted by Crippen LogP contribution is 2.29. The van der Waals surface area contributed by atoms with Crippen molar-refractivity contribution in [2.45, 2.75) is 56.5 Å². The van der Waals surface area contributed by atoms with Crippen molar-refractivity contribution in [2.24, 2.45) is 0 Å². The second-order valence-electron chi connectivity index (χ2n) is 7.07. The van der Waals surface area contributed by atoms with Gasteiger partial charge < -0.3 is 5.32 Å². The summed E-state index contributed by atoms with van der Waals surface area (Å²) < 4.78 is 27.3. The van der Waals surface area contributed by atoms with Gasteiger partial charge in [0, 0.05) is 11.6 Å². The number of rotatable bonds is 6. The quantitative estimate of drug-likeness (QED) is 0.797. The summed E-state index contributed by atoms with van der Waals surface area (Å²) in [6.07, 6.45) is 3.70. The molecule has 1 amide bonds. The highest BCUT2D eigenvalue weighted by molar-refractivity contribution is 7.89. The van der Waals surface area contributed by atoms with Crippen LogP contribution >= 0.6 is 0 Å². The van der Waals surface area contributed by atoms with Gasteiger partial charge in [0.1, 0.15) is 0 Å². The van der Waals surface area contributed by atoms with E-state index >= 15 is 0 Å². The average molecular weight is 387 g/mol. The van der Waals surface area contributed by atoms with Crippen molar-refractivity contribution in [1.82, 2.24) is 10.0 Å². The van der Waals surface area contributed by atoms with Crippen LogP contribution < -0.4 is 10.0 Å². The van der Waals surface area contributed by atoms with E-state index in [1.54, 1.807) is 12.1 Å². The molecule has 144 valence electrons. The monoisotopic (exact) mass is 386 g/mol. The zero-order valence-corrected chi connectivity index (χ0v) is 16.6. The minimum Gasteiger partial charge on any atom is -0.345 e. The maximum Gasteiger partial charge on any atom is 0.251 e. The molecule has 2 aromatic rings. The summed E-state index contributed by atoms with van der Waals surface area (Å²) in [7, 11) is -3.56. The van der Waals surface area contributed by atoms with Gasteiger partial charge in [-0.2, -0.15) is 0 Å². The predicted molar refractivity (Wildman–Crippen MR) is 106 cm³/mol. The highest BCUT2D eigenvalue weighted by atomic mass is 32.2. The van der Waals surface area contributed by atoms with E-state index in [9.17, 15) is 13.2 Å². The lowest BCUT2D eigenvalue weighted by molar-refractivity contribution is 0.0932. The summed E-state index contributed by atoms with van der Waals surface area (Å²) in [5.74, 6) is -0.185. The number of nitrogens with one attached hydrogen (secondary N) is 2. The number of hydrogen-bond donors (Lipinski definition) is 2. The SMILES string of the molecule is CC[C@H](C)NS(=O)(=O)c1ccc(C(=O)N[C@H]2CCCc3ccccc32)cc1. The van der Waals surface area contributed by atoms with Crippen LogP contribution in [0.1, 0.15) is 60.6 Å². The molecule has 2 aromatic carbocycles. The molecular weight excluding hydrogens is 360 g/mol. The molecule has 1 aliphatic rings. The molecule has 3 rings (SSSR count). The number of aryl methyl sites for hydroxylation is 1. The smallest absolute Gasteiger partial charge is 0.251 e. The first-order chi connectivity index (χ1) is 12.9. The summed E-state index contributed by atoms with van der Waals surface area (Å²) in [6, 6.07) is 14.1. The molecule has 0 heterocycles. The molecule has 27 heavy (non-hydrogen) atoms. The molecule has 0 aliphatic heterocycles. The van der Waals surface area contributed by atoms with Crippen molar-refractivity contribution >= 4 is 15.9 Å². The molecule has 0 saturated heterocycles. The van der Waals surface area contributed by atoms with E-state index in [1.165, 1.54) is 23.3 Å². The van der Waals surface area contributed by atoms with Crippen LogP contribution in [0.5, 0.6) is 0 Å². The Balaban J connectivity index is 1.72. The van der Waals surface area contributed by atoms with E-state index in [4.69, 9.17) is 0 Å². The molecular formula is C21H26N2O3S. The molecule has 2 N–H and O–H groups in total. The molecule has 5 nitrogen and oxygen atoms in total. The molecule has 6 heteroatoms. The number of benzene rings is 2. The van der Waals surface area contributed by atoms with Gasteiger partial charge in [-0.1, -0.05) is 31.2 Å². The van der Waals surface area contributed by atoms with E-state index in [-0.39, 0.29) is 22.9 Å². The largest absolute Gasteiger partial charge is 0.345 e. The molecule has 1 aliphatic carbocycles. The molecule has 0 aromatic heterocycles. The first-order valence-electron chi connectivity index (χ1n) is 9.41. The fourth-order valence-corrected chi connectivity index (χ4v) is 4.67. The lowest BCUT2D eigenvalue weighted by atomic mass is 9.87. The van der Waals surface area contributed by atoms with Crippen LogP contribution in [-0.4, -0.2) is 20.4 Å². The van der Waals surface area contributed by atoms with E-state index in [0.29, 0.717) is 12.0 Å². The van der Waals surface area contributed by atoms with Crippen molar-refractivity contribution in [3.8, 4) is 0 Å². The van der Waals surface area contributed by atoms with Gasteiger partial charge in [0.25, 0.3) is 5.91 Å². The molecule has 0 bridgehead atoms. The number of amides is 1. The van der Waals surface area contributed by atoms with Crippen LogP contribution in [0.4, 0.5) is 0 Å². The molecule has 0 saturated carbocycles. The van der Waals surface area contributed by atoms with Crippen LogP contribution in [0.3, 0.4) is 0 Å². The maximum atomic E-state index is 12.6. The van der Waals surface area contributed by atoms with Gasteiger partial charge in [-0.3, -0.25) is 4.79 Å². The van der Waals surface area contributed by atoms with Crippen LogP contribution in [-0.2, 0) is 16.4 Å². The number of carbonyl (C=O) groups excluding carboxylic acids is 1. The molecule has 0 radical (unpaired) electrons. The van der Waals surface area contributed by atoms with Crippen LogP contribution in [0.15, 0.2) is 53.4 Å². The third-order valence-corrected chi connectivity index (χ3v) is 6.68. The zero-order chi connectivity index (χ0) is 19.4. The van der Waals surface area contributed by atoms with Crippen LogP contribution in [0.2, 0.25) is 0 Å². The van der Waals surface area contributed by atoms with Gasteiger partial charge >= 0.3 is 0 Å². The summed E-state index contributed by atoms with van der Waals surface area (Å²) in [5, 5.41) is 3.09. The van der Waals surface area contributed by atoms with Crippen molar-refractivity contribution in [2.75, 3.05) is 0 Å². The lowest BCUT2D eigenvalue weighted by Gasteiger charge is -2.26. The Labute approximate surface area is 161 Å². The highest BCUT2D eigenvalue weighted by Gasteiger charge is 2.22. The number of sulfonamides is 1. The topological polar surface area (TPSA) is 75.3 Å². The van der Waals surface area contributed by atoms with Gasteiger partial charge in [0.05, 0.1) is 10.9 Å².